The molecule has 1 heterocycles. The number of nitrogens with zero attached hydrogens (tertiary/aromatic N) is 2. The van der Waals surface area contributed by atoms with Gasteiger partial charge in [-0.05, 0) is 5.56 Å². The Morgan fingerprint density at radius 1 is 0.947 bits per heavy atom. The highest BCUT2D eigenvalue weighted by atomic mass is 14.9. The molecule has 0 radical (unpaired) electrons. The van der Waals surface area contributed by atoms with Crippen LogP contribution in [0.5, 0.6) is 0 Å². The van der Waals surface area contributed by atoms with Gasteiger partial charge in [-0.3, -0.25) is 0 Å². The highest BCUT2D eigenvalue weighted by Gasteiger charge is 2.21. The molecule has 2 N–H and O–H groups in total. The van der Waals surface area contributed by atoms with E-state index in [1.807, 2.05) is 54.6 Å². The van der Waals surface area contributed by atoms with E-state index in [0.717, 1.165) is 16.7 Å². The molecule has 0 aliphatic carbocycles. The van der Waals surface area contributed by atoms with Crippen LogP contribution in [-0.2, 0) is 0 Å². The molecule has 3 heteroatoms. The van der Waals surface area contributed by atoms with Crippen molar-refractivity contribution in [2.45, 2.75) is 0 Å². The van der Waals surface area contributed by atoms with Crippen LogP contribution in [0.15, 0.2) is 59.6 Å². The van der Waals surface area contributed by atoms with Gasteiger partial charge in [0.25, 0.3) is 0 Å². The molecule has 0 atom stereocenters. The fourth-order valence-electron chi connectivity index (χ4n) is 2.20. The average Bonchev–Trinajstić information content (AvgIpc) is 2.79. The lowest BCUT2D eigenvalue weighted by molar-refractivity contribution is 1.50. The van der Waals surface area contributed by atoms with E-state index in [1.165, 1.54) is 0 Å². The van der Waals surface area contributed by atoms with Crippen LogP contribution < -0.4 is 5.73 Å². The predicted molar refractivity (Wildman–Crippen MR) is 76.0 cm³/mol. The second-order valence-corrected chi connectivity index (χ2v) is 4.24. The highest BCUT2D eigenvalue weighted by molar-refractivity contribution is 6.14. The van der Waals surface area contributed by atoms with Gasteiger partial charge >= 0.3 is 0 Å². The van der Waals surface area contributed by atoms with E-state index in [-0.39, 0.29) is 0 Å². The number of allylic oxidation sites excluding steroid dienone is 1. The molecule has 1 aliphatic rings. The lowest BCUT2D eigenvalue weighted by Gasteiger charge is -2.03. The lowest BCUT2D eigenvalue weighted by atomic mass is 9.99. The average molecular weight is 245 g/mol. The Morgan fingerprint density at radius 3 is 2.26 bits per heavy atom. The Bertz CT molecular complexity index is 734. The molecule has 90 valence electrons. The molecule has 3 rings (SSSR count). The van der Waals surface area contributed by atoms with Crippen molar-refractivity contribution in [1.29, 1.82) is 5.26 Å². The smallest absolute Gasteiger partial charge is 0.132 e. The first-order chi connectivity index (χ1) is 9.31. The normalized spacial score (nSPS) is 15.4. The molecule has 0 aromatic heterocycles. The molecule has 0 amide bonds. The maximum atomic E-state index is 9.43. The molecular weight excluding hydrogens is 234 g/mol. The van der Waals surface area contributed by atoms with Gasteiger partial charge < -0.3 is 5.73 Å². The third-order valence-corrected chi connectivity index (χ3v) is 3.10. The summed E-state index contributed by atoms with van der Waals surface area (Å²) in [6.45, 7) is 0. The Hall–Kier alpha value is -2.86. The standard InChI is InChI=1S/C16H11N3/c17-10-14(11-6-2-1-3-7-11)15-12-8-4-5-9-13(12)16(18)19-15/h1-9H,(H2,18,19). The summed E-state index contributed by atoms with van der Waals surface area (Å²) in [6.07, 6.45) is 0. The number of nitriles is 1. The monoisotopic (exact) mass is 245 g/mol. The zero-order valence-corrected chi connectivity index (χ0v) is 10.2. The number of nitrogens with two attached hydrogens (primary N) is 1. The van der Waals surface area contributed by atoms with Crippen LogP contribution in [0, 0.1) is 11.3 Å². The molecule has 2 aromatic rings. The first kappa shape index (κ1) is 11.2. The molecule has 19 heavy (non-hydrogen) atoms. The van der Waals surface area contributed by atoms with Crippen LogP contribution in [0.2, 0.25) is 0 Å². The summed E-state index contributed by atoms with van der Waals surface area (Å²) < 4.78 is 0. The van der Waals surface area contributed by atoms with E-state index in [4.69, 9.17) is 5.73 Å². The van der Waals surface area contributed by atoms with E-state index in [2.05, 4.69) is 11.1 Å². The van der Waals surface area contributed by atoms with Gasteiger partial charge in [0.05, 0.1) is 11.3 Å². The lowest BCUT2D eigenvalue weighted by Crippen LogP contribution is -2.09. The maximum Gasteiger partial charge on any atom is 0.132 e. The fourth-order valence-corrected chi connectivity index (χ4v) is 2.20. The maximum absolute atomic E-state index is 9.43. The number of fused-ring (bicyclic) bond motifs is 1. The Balaban J connectivity index is 2.27. The molecule has 0 spiro atoms. The van der Waals surface area contributed by atoms with Gasteiger partial charge in [0.1, 0.15) is 11.9 Å². The molecular formula is C16H11N3. The Labute approximate surface area is 111 Å². The molecule has 0 bridgehead atoms. The van der Waals surface area contributed by atoms with Crippen LogP contribution in [0.4, 0.5) is 0 Å². The SMILES string of the molecule is N#CC(=C1N=C(N)c2ccccc21)c1ccccc1. The summed E-state index contributed by atoms with van der Waals surface area (Å²) in [6, 6.07) is 19.5. The topological polar surface area (TPSA) is 62.2 Å². The van der Waals surface area contributed by atoms with Gasteiger partial charge in [0, 0.05) is 11.1 Å². The zero-order chi connectivity index (χ0) is 13.2. The van der Waals surface area contributed by atoms with Crippen LogP contribution in [0.3, 0.4) is 0 Å². The molecule has 3 nitrogen and oxygen atoms in total. The van der Waals surface area contributed by atoms with Crippen molar-refractivity contribution in [3.63, 3.8) is 0 Å². The van der Waals surface area contributed by atoms with Crippen molar-refractivity contribution < 1.29 is 0 Å². The van der Waals surface area contributed by atoms with Crippen molar-refractivity contribution in [3.05, 3.63) is 71.3 Å². The van der Waals surface area contributed by atoms with Crippen LogP contribution in [0.25, 0.3) is 11.3 Å². The van der Waals surface area contributed by atoms with Crippen LogP contribution >= 0.6 is 0 Å². The van der Waals surface area contributed by atoms with Crippen molar-refractivity contribution in [2.24, 2.45) is 10.7 Å². The van der Waals surface area contributed by atoms with Crippen molar-refractivity contribution in [2.75, 3.05) is 0 Å². The van der Waals surface area contributed by atoms with Gasteiger partial charge in [-0.2, -0.15) is 5.26 Å². The summed E-state index contributed by atoms with van der Waals surface area (Å²) in [5.74, 6) is 0.467. The van der Waals surface area contributed by atoms with Gasteiger partial charge in [0.2, 0.25) is 0 Å². The molecule has 0 fully saturated rings. The number of benzene rings is 2. The summed E-state index contributed by atoms with van der Waals surface area (Å²) in [5, 5.41) is 9.43. The van der Waals surface area contributed by atoms with E-state index in [1.54, 1.807) is 0 Å². The molecule has 2 aromatic carbocycles. The Kier molecular flexibility index (Phi) is 2.62. The fraction of sp³-hybridized carbons (Fsp3) is 0. The van der Waals surface area contributed by atoms with Gasteiger partial charge in [-0.1, -0.05) is 54.6 Å². The molecule has 0 saturated carbocycles. The zero-order valence-electron chi connectivity index (χ0n) is 10.2. The summed E-state index contributed by atoms with van der Waals surface area (Å²) in [4.78, 5) is 4.36. The van der Waals surface area contributed by atoms with E-state index in [0.29, 0.717) is 17.1 Å². The van der Waals surface area contributed by atoms with Gasteiger partial charge in [0.15, 0.2) is 0 Å². The molecule has 0 unspecified atom stereocenters. The van der Waals surface area contributed by atoms with E-state index < -0.39 is 0 Å². The highest BCUT2D eigenvalue weighted by Crippen LogP contribution is 2.33. The minimum atomic E-state index is 0.467. The van der Waals surface area contributed by atoms with Crippen molar-refractivity contribution in [1.82, 2.24) is 0 Å². The summed E-state index contributed by atoms with van der Waals surface area (Å²) >= 11 is 0. The number of hydrogen-bond acceptors (Lipinski definition) is 3. The quantitative estimate of drug-likeness (QED) is 0.785. The molecule has 1 aliphatic heterocycles. The third-order valence-electron chi connectivity index (χ3n) is 3.10. The Morgan fingerprint density at radius 2 is 1.58 bits per heavy atom. The molecule has 0 saturated heterocycles. The first-order valence-electron chi connectivity index (χ1n) is 5.95. The largest absolute Gasteiger partial charge is 0.383 e. The van der Waals surface area contributed by atoms with Gasteiger partial charge in [-0.15, -0.1) is 0 Å². The predicted octanol–water partition coefficient (Wildman–Crippen LogP) is 2.80. The second kappa shape index (κ2) is 4.43. The van der Waals surface area contributed by atoms with E-state index in [9.17, 15) is 5.26 Å². The second-order valence-electron chi connectivity index (χ2n) is 4.24. The van der Waals surface area contributed by atoms with E-state index >= 15 is 0 Å². The van der Waals surface area contributed by atoms with Crippen LogP contribution in [0.1, 0.15) is 16.7 Å². The van der Waals surface area contributed by atoms with Crippen molar-refractivity contribution in [3.8, 4) is 6.07 Å². The first-order valence-corrected chi connectivity index (χ1v) is 5.95. The van der Waals surface area contributed by atoms with Crippen LogP contribution in [-0.4, -0.2) is 5.84 Å². The number of amidine groups is 1. The summed E-state index contributed by atoms with van der Waals surface area (Å²) in [7, 11) is 0. The van der Waals surface area contributed by atoms with Crippen molar-refractivity contribution >= 4 is 17.1 Å². The number of rotatable bonds is 1. The minimum absolute atomic E-state index is 0.467. The third kappa shape index (κ3) is 1.80. The number of aliphatic imine (C=N–C) groups is 1. The minimum Gasteiger partial charge on any atom is -0.383 e. The number of hydrogen-bond donors (Lipinski definition) is 1. The summed E-state index contributed by atoms with van der Waals surface area (Å²) in [5.41, 5.74) is 9.78. The van der Waals surface area contributed by atoms with Gasteiger partial charge in [-0.25, -0.2) is 4.99 Å².